The molecule has 3 unspecified atom stereocenters. The highest BCUT2D eigenvalue weighted by Crippen LogP contribution is 2.62. The van der Waals surface area contributed by atoms with Crippen LogP contribution in [0.25, 0.3) is 11.3 Å². The molecule has 1 saturated carbocycles. The fraction of sp³-hybridized carbons (Fsp3) is 0.615. The van der Waals surface area contributed by atoms with Crippen molar-refractivity contribution < 1.29 is 31.9 Å². The van der Waals surface area contributed by atoms with Gasteiger partial charge in [0.15, 0.2) is 5.82 Å². The molecule has 4 heterocycles. The van der Waals surface area contributed by atoms with Crippen LogP contribution < -0.4 is 10.5 Å². The van der Waals surface area contributed by atoms with E-state index in [1.165, 1.54) is 42.9 Å². The van der Waals surface area contributed by atoms with Gasteiger partial charge in [0.05, 0.1) is 25.5 Å². The lowest BCUT2D eigenvalue weighted by Crippen LogP contribution is -2.52. The Hall–Kier alpha value is -3.22. The molecule has 2 aliphatic heterocycles. The van der Waals surface area contributed by atoms with Crippen molar-refractivity contribution in [1.82, 2.24) is 25.0 Å². The highest BCUT2D eigenvalue weighted by atomic mass is 19.3. The zero-order valence-electron chi connectivity index (χ0n) is 22.0. The zero-order valence-corrected chi connectivity index (χ0v) is 22.0. The van der Waals surface area contributed by atoms with E-state index in [4.69, 9.17) is 10.5 Å². The molecule has 3 aliphatic rings. The number of hydrogen-bond acceptors (Lipinski definition) is 6. The van der Waals surface area contributed by atoms with E-state index in [0.717, 1.165) is 6.20 Å². The van der Waals surface area contributed by atoms with Gasteiger partial charge >= 0.3 is 0 Å². The summed E-state index contributed by atoms with van der Waals surface area (Å²) >= 11 is 0. The maximum atomic E-state index is 15.2. The lowest BCUT2D eigenvalue weighted by Gasteiger charge is -2.41. The van der Waals surface area contributed by atoms with E-state index in [1.807, 2.05) is 0 Å². The van der Waals surface area contributed by atoms with Gasteiger partial charge in [-0.15, -0.1) is 0 Å². The van der Waals surface area contributed by atoms with Crippen LogP contribution in [0.4, 0.5) is 17.6 Å². The number of nitrogens with zero attached hydrogens (tertiary/aromatic N) is 4. The number of pyridine rings is 1. The molecule has 1 aliphatic carbocycles. The van der Waals surface area contributed by atoms with Gasteiger partial charge in [0.25, 0.3) is 11.8 Å². The third-order valence-electron chi connectivity index (χ3n) is 8.23. The number of alkyl halides is 3. The lowest BCUT2D eigenvalue weighted by atomic mass is 9.84. The number of hydrogen-bond donors (Lipinski definition) is 2. The highest BCUT2D eigenvalue weighted by molar-refractivity contribution is 5.94. The van der Waals surface area contributed by atoms with Gasteiger partial charge in [0, 0.05) is 48.6 Å². The molecule has 0 radical (unpaired) electrons. The third-order valence-corrected chi connectivity index (χ3v) is 8.23. The average molecular weight is 553 g/mol. The summed E-state index contributed by atoms with van der Waals surface area (Å²) in [6.07, 6.45) is 1.75. The Morgan fingerprint density at radius 3 is 2.67 bits per heavy atom. The Kier molecular flexibility index (Phi) is 6.63. The molecular weight excluding hydrogens is 520 g/mol. The number of H-pyrrole nitrogens is 1. The molecule has 0 bridgehead atoms. The number of halogens is 4. The first-order valence-electron chi connectivity index (χ1n) is 12.9. The minimum Gasteiger partial charge on any atom is -0.481 e. The van der Waals surface area contributed by atoms with E-state index >= 15 is 8.78 Å². The molecule has 3 fully saturated rings. The van der Waals surface area contributed by atoms with Crippen molar-refractivity contribution in [3.8, 4) is 17.1 Å². The first kappa shape index (κ1) is 27.4. The van der Waals surface area contributed by atoms with Crippen LogP contribution in [-0.2, 0) is 4.79 Å². The summed E-state index contributed by atoms with van der Waals surface area (Å²) in [5.74, 6) is -6.82. The smallest absolute Gasteiger partial charge is 0.272 e. The van der Waals surface area contributed by atoms with Crippen LogP contribution >= 0.6 is 0 Å². The number of ether oxygens (including phenoxy) is 1. The van der Waals surface area contributed by atoms with Gasteiger partial charge in [-0.1, -0.05) is 0 Å². The van der Waals surface area contributed by atoms with Gasteiger partial charge in [-0.25, -0.2) is 22.5 Å². The number of likely N-dealkylation sites (tertiary alicyclic amines) is 2. The van der Waals surface area contributed by atoms with Crippen molar-refractivity contribution in [3.05, 3.63) is 29.8 Å². The minimum atomic E-state index is -3.08. The molecule has 39 heavy (non-hydrogen) atoms. The third kappa shape index (κ3) is 5.08. The van der Waals surface area contributed by atoms with Crippen LogP contribution in [0.15, 0.2) is 18.3 Å². The lowest BCUT2D eigenvalue weighted by molar-refractivity contribution is -0.124. The first-order chi connectivity index (χ1) is 18.2. The summed E-state index contributed by atoms with van der Waals surface area (Å²) < 4.78 is 64.2. The number of amides is 2. The fourth-order valence-electron chi connectivity index (χ4n) is 6.48. The number of rotatable bonds is 7. The van der Waals surface area contributed by atoms with Crippen LogP contribution in [0, 0.1) is 23.6 Å². The number of primary amides is 1. The van der Waals surface area contributed by atoms with Crippen molar-refractivity contribution in [1.29, 1.82) is 0 Å². The largest absolute Gasteiger partial charge is 0.481 e. The maximum absolute atomic E-state index is 15.2. The molecule has 2 amide bonds. The molecule has 5 rings (SSSR count). The topological polar surface area (TPSA) is 117 Å². The molecular formula is C26H32F4N6O3. The van der Waals surface area contributed by atoms with Gasteiger partial charge in [-0.2, -0.15) is 5.10 Å². The number of methoxy groups -OCH3 is 1. The molecule has 9 nitrogen and oxygen atoms in total. The normalized spacial score (nSPS) is 28.6. The van der Waals surface area contributed by atoms with Crippen molar-refractivity contribution in [2.75, 3.05) is 33.3 Å². The molecule has 2 saturated heterocycles. The standard InChI is InChI=1S/C26H32F4N6O3/c1-24(2,28)12-35-11-17(26(29,30)13-35)16-9-25(16)8-14(22(31)37)4-5-36(25)23(38)20-7-19(33-34-20)15-6-21(39-3)32-10-18(15)27/h6-7,10,14,16-17H,4-5,8-9,11-13H2,1-3H3,(H2,31,37)(H,33,34)/t14?,16?,17-,25?/m0/s1. The van der Waals surface area contributed by atoms with Crippen LogP contribution in [0.1, 0.15) is 43.6 Å². The van der Waals surface area contributed by atoms with Gasteiger partial charge in [-0.05, 0) is 45.1 Å². The van der Waals surface area contributed by atoms with Crippen LogP contribution in [0.3, 0.4) is 0 Å². The predicted molar refractivity (Wildman–Crippen MR) is 132 cm³/mol. The summed E-state index contributed by atoms with van der Waals surface area (Å²) in [7, 11) is 1.39. The molecule has 1 spiro atoms. The van der Waals surface area contributed by atoms with E-state index in [1.54, 1.807) is 0 Å². The SMILES string of the molecule is COc1cc(-c2cc(C(=O)N3CCC(C(N)=O)CC34CC4[C@@H]3CN(CC(C)(C)F)CC3(F)F)[nH]n2)c(F)cn1. The molecule has 13 heteroatoms. The zero-order chi connectivity index (χ0) is 28.3. The number of carbonyl (C=O) groups excluding carboxylic acids is 2. The van der Waals surface area contributed by atoms with E-state index < -0.39 is 59.1 Å². The van der Waals surface area contributed by atoms with Crippen LogP contribution in [0.5, 0.6) is 5.88 Å². The van der Waals surface area contributed by atoms with E-state index in [2.05, 4.69) is 15.2 Å². The maximum Gasteiger partial charge on any atom is 0.272 e. The summed E-state index contributed by atoms with van der Waals surface area (Å²) in [5, 5.41) is 6.72. The van der Waals surface area contributed by atoms with Crippen LogP contribution in [0.2, 0.25) is 0 Å². The summed E-state index contributed by atoms with van der Waals surface area (Å²) in [6, 6.07) is 2.74. The molecule has 2 aromatic rings. The van der Waals surface area contributed by atoms with Gasteiger partial charge in [-0.3, -0.25) is 19.6 Å². The number of aromatic nitrogens is 3. The monoisotopic (exact) mass is 552 g/mol. The molecule has 3 N–H and O–H groups in total. The molecule has 212 valence electrons. The molecule has 2 aromatic heterocycles. The second kappa shape index (κ2) is 9.46. The second-order valence-corrected chi connectivity index (χ2v) is 11.6. The van der Waals surface area contributed by atoms with Crippen LogP contribution in [-0.4, -0.2) is 87.2 Å². The number of carbonyl (C=O) groups is 2. The Morgan fingerprint density at radius 1 is 1.26 bits per heavy atom. The predicted octanol–water partition coefficient (Wildman–Crippen LogP) is 3.03. The minimum absolute atomic E-state index is 0.00655. The first-order valence-corrected chi connectivity index (χ1v) is 12.9. The Balaban J connectivity index is 1.41. The summed E-state index contributed by atoms with van der Waals surface area (Å²) in [5.41, 5.74) is 3.25. The molecule has 0 aromatic carbocycles. The van der Waals surface area contributed by atoms with Gasteiger partial charge in [0.1, 0.15) is 11.4 Å². The Bertz CT molecular complexity index is 1280. The highest BCUT2D eigenvalue weighted by Gasteiger charge is 2.69. The summed E-state index contributed by atoms with van der Waals surface area (Å²) in [4.78, 5) is 32.6. The van der Waals surface area contributed by atoms with E-state index in [0.29, 0.717) is 6.42 Å². The van der Waals surface area contributed by atoms with Crippen molar-refractivity contribution >= 4 is 11.8 Å². The van der Waals surface area contributed by atoms with Gasteiger partial charge < -0.3 is 15.4 Å². The Labute approximate surface area is 223 Å². The Morgan fingerprint density at radius 2 is 2.00 bits per heavy atom. The van der Waals surface area contributed by atoms with Crippen molar-refractivity contribution in [2.45, 2.75) is 50.2 Å². The van der Waals surface area contributed by atoms with Gasteiger partial charge in [0.2, 0.25) is 11.8 Å². The van der Waals surface area contributed by atoms with E-state index in [-0.39, 0.29) is 55.3 Å². The summed E-state index contributed by atoms with van der Waals surface area (Å²) in [6.45, 7) is 2.15. The number of nitrogens with two attached hydrogens (primary N) is 1. The number of aromatic amines is 1. The van der Waals surface area contributed by atoms with Crippen molar-refractivity contribution in [3.63, 3.8) is 0 Å². The number of nitrogens with one attached hydrogen (secondary N) is 1. The fourth-order valence-corrected chi connectivity index (χ4v) is 6.48. The van der Waals surface area contributed by atoms with Crippen molar-refractivity contribution in [2.24, 2.45) is 23.5 Å². The average Bonchev–Trinajstić information content (AvgIpc) is 3.18. The quantitative estimate of drug-likeness (QED) is 0.510. The number of piperidine rings is 1. The van der Waals surface area contributed by atoms with E-state index in [9.17, 15) is 18.4 Å². The second-order valence-electron chi connectivity index (χ2n) is 11.6. The molecule has 4 atom stereocenters.